The molecule has 2 N–H and O–H groups in total. The lowest BCUT2D eigenvalue weighted by Crippen LogP contribution is -2.37. The zero-order valence-electron chi connectivity index (χ0n) is 8.97. The number of aliphatic carboxylic acids is 1. The minimum Gasteiger partial charge on any atom is -0.480 e. The van der Waals surface area contributed by atoms with Gasteiger partial charge in [0, 0.05) is 13.0 Å². The van der Waals surface area contributed by atoms with Crippen LogP contribution < -0.4 is 5.32 Å². The van der Waals surface area contributed by atoms with E-state index in [-0.39, 0.29) is 0 Å². The molecule has 0 heterocycles. The molecule has 0 radical (unpaired) electrons. The molecule has 0 aromatic rings. The van der Waals surface area contributed by atoms with Crippen LogP contribution in [0.4, 0.5) is 0 Å². The molecule has 0 aliphatic heterocycles. The zero-order valence-corrected chi connectivity index (χ0v) is 8.97. The molecule has 14 heavy (non-hydrogen) atoms. The number of carboxylic acids is 1. The molecule has 0 saturated carbocycles. The van der Waals surface area contributed by atoms with E-state index in [2.05, 4.69) is 24.1 Å². The number of nitrogens with one attached hydrogen (secondary N) is 1. The van der Waals surface area contributed by atoms with Gasteiger partial charge in [-0.2, -0.15) is 0 Å². The normalized spacial score (nSPS) is 11.6. The SMILES string of the molecule is CC#CCCNC(CCCC)C(=O)O. The minimum atomic E-state index is -0.761. The Balaban J connectivity index is 3.71. The summed E-state index contributed by atoms with van der Waals surface area (Å²) in [5.41, 5.74) is 0. The smallest absolute Gasteiger partial charge is 0.320 e. The molecule has 0 bridgehead atoms. The first-order valence-corrected chi connectivity index (χ1v) is 5.08. The van der Waals surface area contributed by atoms with Gasteiger partial charge in [-0.3, -0.25) is 4.79 Å². The van der Waals surface area contributed by atoms with Crippen molar-refractivity contribution < 1.29 is 9.90 Å². The van der Waals surface area contributed by atoms with Crippen molar-refractivity contribution in [1.29, 1.82) is 0 Å². The van der Waals surface area contributed by atoms with Crippen LogP contribution in [0.15, 0.2) is 0 Å². The summed E-state index contributed by atoms with van der Waals surface area (Å²) in [6, 6.07) is -0.409. The molecular weight excluding hydrogens is 178 g/mol. The van der Waals surface area contributed by atoms with Crippen LogP contribution in [-0.4, -0.2) is 23.7 Å². The first-order chi connectivity index (χ1) is 6.72. The van der Waals surface area contributed by atoms with E-state index in [1.54, 1.807) is 6.92 Å². The molecular formula is C11H19NO2. The Morgan fingerprint density at radius 3 is 2.79 bits per heavy atom. The number of hydrogen-bond acceptors (Lipinski definition) is 2. The fraction of sp³-hybridized carbons (Fsp3) is 0.727. The minimum absolute atomic E-state index is 0.409. The van der Waals surface area contributed by atoms with Crippen molar-refractivity contribution in [1.82, 2.24) is 5.32 Å². The van der Waals surface area contributed by atoms with E-state index in [0.29, 0.717) is 19.4 Å². The number of hydrogen-bond donors (Lipinski definition) is 2. The second-order valence-corrected chi connectivity index (χ2v) is 3.16. The summed E-state index contributed by atoms with van der Waals surface area (Å²) in [6.45, 7) is 4.49. The van der Waals surface area contributed by atoms with Gasteiger partial charge in [-0.15, -0.1) is 11.8 Å². The summed E-state index contributed by atoms with van der Waals surface area (Å²) in [5, 5.41) is 11.8. The van der Waals surface area contributed by atoms with E-state index in [1.807, 2.05) is 0 Å². The van der Waals surface area contributed by atoms with Gasteiger partial charge in [0.1, 0.15) is 6.04 Å². The van der Waals surface area contributed by atoms with Crippen molar-refractivity contribution >= 4 is 5.97 Å². The maximum atomic E-state index is 10.8. The Morgan fingerprint density at radius 2 is 2.29 bits per heavy atom. The van der Waals surface area contributed by atoms with Gasteiger partial charge in [0.15, 0.2) is 0 Å². The van der Waals surface area contributed by atoms with E-state index in [0.717, 1.165) is 12.8 Å². The molecule has 0 fully saturated rings. The molecule has 0 rings (SSSR count). The fourth-order valence-corrected chi connectivity index (χ4v) is 1.15. The topological polar surface area (TPSA) is 49.3 Å². The van der Waals surface area contributed by atoms with Crippen LogP contribution in [0.3, 0.4) is 0 Å². The molecule has 0 aliphatic carbocycles. The van der Waals surface area contributed by atoms with Crippen molar-refractivity contribution in [3.8, 4) is 11.8 Å². The number of carboxylic acid groups (broad SMARTS) is 1. The largest absolute Gasteiger partial charge is 0.480 e. The van der Waals surface area contributed by atoms with Gasteiger partial charge in [-0.05, 0) is 13.3 Å². The average Bonchev–Trinajstić information content (AvgIpc) is 2.16. The Morgan fingerprint density at radius 1 is 1.57 bits per heavy atom. The van der Waals surface area contributed by atoms with Gasteiger partial charge in [0.05, 0.1) is 0 Å². The van der Waals surface area contributed by atoms with Crippen LogP contribution in [0.5, 0.6) is 0 Å². The summed E-state index contributed by atoms with van der Waals surface area (Å²) in [4.78, 5) is 10.8. The zero-order chi connectivity index (χ0) is 10.8. The third kappa shape index (κ3) is 6.50. The fourth-order valence-electron chi connectivity index (χ4n) is 1.15. The van der Waals surface area contributed by atoms with Crippen molar-refractivity contribution in [2.75, 3.05) is 6.54 Å². The van der Waals surface area contributed by atoms with Gasteiger partial charge in [-0.25, -0.2) is 0 Å². The second-order valence-electron chi connectivity index (χ2n) is 3.16. The summed E-state index contributed by atoms with van der Waals surface area (Å²) >= 11 is 0. The van der Waals surface area contributed by atoms with Crippen LogP contribution in [-0.2, 0) is 4.79 Å². The quantitative estimate of drug-likeness (QED) is 0.482. The lowest BCUT2D eigenvalue weighted by molar-refractivity contribution is -0.139. The lowest BCUT2D eigenvalue weighted by atomic mass is 10.1. The molecule has 0 saturated heterocycles. The van der Waals surface area contributed by atoms with Crippen LogP contribution in [0.2, 0.25) is 0 Å². The third-order valence-corrected chi connectivity index (χ3v) is 1.96. The lowest BCUT2D eigenvalue weighted by Gasteiger charge is -2.12. The number of carbonyl (C=O) groups is 1. The molecule has 0 aromatic heterocycles. The predicted molar refractivity (Wildman–Crippen MR) is 57.0 cm³/mol. The highest BCUT2D eigenvalue weighted by molar-refractivity contribution is 5.73. The molecule has 3 nitrogen and oxygen atoms in total. The highest BCUT2D eigenvalue weighted by Crippen LogP contribution is 2.00. The van der Waals surface area contributed by atoms with E-state index >= 15 is 0 Å². The molecule has 1 unspecified atom stereocenters. The van der Waals surface area contributed by atoms with Gasteiger partial charge in [0.25, 0.3) is 0 Å². The maximum absolute atomic E-state index is 10.8. The van der Waals surface area contributed by atoms with Crippen LogP contribution >= 0.6 is 0 Å². The predicted octanol–water partition coefficient (Wildman–Crippen LogP) is 1.63. The molecule has 0 amide bonds. The second kappa shape index (κ2) is 8.58. The van der Waals surface area contributed by atoms with Crippen LogP contribution in [0, 0.1) is 11.8 Å². The maximum Gasteiger partial charge on any atom is 0.320 e. The monoisotopic (exact) mass is 197 g/mol. The van der Waals surface area contributed by atoms with Crippen molar-refractivity contribution in [2.45, 2.75) is 45.6 Å². The Bertz CT molecular complexity index is 215. The highest BCUT2D eigenvalue weighted by Gasteiger charge is 2.14. The molecule has 0 aliphatic rings. The van der Waals surface area contributed by atoms with Crippen molar-refractivity contribution in [3.63, 3.8) is 0 Å². The Kier molecular flexibility index (Phi) is 7.96. The Labute approximate surface area is 85.9 Å². The summed E-state index contributed by atoms with van der Waals surface area (Å²) in [5.74, 6) is 4.91. The number of rotatable bonds is 7. The first kappa shape index (κ1) is 13.0. The van der Waals surface area contributed by atoms with Crippen LogP contribution in [0.1, 0.15) is 39.5 Å². The van der Waals surface area contributed by atoms with E-state index in [1.165, 1.54) is 0 Å². The van der Waals surface area contributed by atoms with E-state index < -0.39 is 12.0 Å². The molecule has 0 aromatic carbocycles. The van der Waals surface area contributed by atoms with E-state index in [4.69, 9.17) is 5.11 Å². The summed E-state index contributed by atoms with van der Waals surface area (Å²) in [7, 11) is 0. The first-order valence-electron chi connectivity index (χ1n) is 5.08. The molecule has 3 heteroatoms. The van der Waals surface area contributed by atoms with Crippen LogP contribution in [0.25, 0.3) is 0 Å². The molecule has 0 spiro atoms. The average molecular weight is 197 g/mol. The van der Waals surface area contributed by atoms with Crippen molar-refractivity contribution in [3.05, 3.63) is 0 Å². The molecule has 1 atom stereocenters. The molecule has 80 valence electrons. The van der Waals surface area contributed by atoms with Gasteiger partial charge in [0.2, 0.25) is 0 Å². The standard InChI is InChI=1S/C11H19NO2/c1-3-5-7-9-12-10(11(13)14)8-6-4-2/h10,12H,4,6-9H2,1-2H3,(H,13,14). The highest BCUT2D eigenvalue weighted by atomic mass is 16.4. The number of unbranched alkanes of at least 4 members (excludes halogenated alkanes) is 1. The van der Waals surface area contributed by atoms with Gasteiger partial charge < -0.3 is 10.4 Å². The van der Waals surface area contributed by atoms with Crippen molar-refractivity contribution in [2.24, 2.45) is 0 Å². The summed E-state index contributed by atoms with van der Waals surface area (Å²) in [6.07, 6.45) is 3.39. The van der Waals surface area contributed by atoms with E-state index in [9.17, 15) is 4.79 Å². The third-order valence-electron chi connectivity index (χ3n) is 1.96. The summed E-state index contributed by atoms with van der Waals surface area (Å²) < 4.78 is 0. The van der Waals surface area contributed by atoms with Gasteiger partial charge >= 0.3 is 5.97 Å². The van der Waals surface area contributed by atoms with Gasteiger partial charge in [-0.1, -0.05) is 19.8 Å². The Hall–Kier alpha value is -1.01.